The Morgan fingerprint density at radius 2 is 1.77 bits per heavy atom. The minimum absolute atomic E-state index is 0.0558. The summed E-state index contributed by atoms with van der Waals surface area (Å²) in [6.45, 7) is 3.30. The Labute approximate surface area is 233 Å². The van der Waals surface area contributed by atoms with Gasteiger partial charge in [-0.15, -0.1) is 0 Å². The summed E-state index contributed by atoms with van der Waals surface area (Å²) < 4.78 is 16.7. The summed E-state index contributed by atoms with van der Waals surface area (Å²) in [6.07, 6.45) is 3.19. The number of hydrogen-bond acceptors (Lipinski definition) is 7. The van der Waals surface area contributed by atoms with Gasteiger partial charge >= 0.3 is 0 Å². The van der Waals surface area contributed by atoms with Gasteiger partial charge in [0.2, 0.25) is 5.95 Å². The number of nitrogens with one attached hydrogen (secondary N) is 1. The first kappa shape index (κ1) is 26.0. The highest BCUT2D eigenvalue weighted by molar-refractivity contribution is 6.35. The molecule has 0 saturated carbocycles. The van der Waals surface area contributed by atoms with Crippen LogP contribution in [0.4, 0.5) is 16.2 Å². The number of anilines is 2. The molecule has 2 aliphatic heterocycles. The van der Waals surface area contributed by atoms with Crippen LogP contribution in [0.25, 0.3) is 32.8 Å². The first-order valence-electron chi connectivity index (χ1n) is 13.6. The van der Waals surface area contributed by atoms with Crippen molar-refractivity contribution in [3.05, 3.63) is 53.3 Å². The molecule has 6 rings (SSSR count). The van der Waals surface area contributed by atoms with E-state index in [0.29, 0.717) is 29.0 Å². The van der Waals surface area contributed by atoms with Crippen LogP contribution in [0, 0.1) is 5.82 Å². The quantitative estimate of drug-likeness (QED) is 0.326. The smallest absolute Gasteiger partial charge is 0.227 e. The molecule has 3 heterocycles. The summed E-state index contributed by atoms with van der Waals surface area (Å²) in [5.74, 6) is 0.772. The summed E-state index contributed by atoms with van der Waals surface area (Å²) in [7, 11) is 6.06. The first-order chi connectivity index (χ1) is 18.8. The lowest BCUT2D eigenvalue weighted by molar-refractivity contribution is 0.401. The molecule has 2 atom stereocenters. The Hall–Kier alpha value is -3.20. The van der Waals surface area contributed by atoms with Gasteiger partial charge in [0.05, 0.1) is 5.02 Å². The Morgan fingerprint density at radius 3 is 2.51 bits per heavy atom. The van der Waals surface area contributed by atoms with E-state index in [1.54, 1.807) is 18.2 Å². The fourth-order valence-corrected chi connectivity index (χ4v) is 6.32. The van der Waals surface area contributed by atoms with Gasteiger partial charge in [-0.3, -0.25) is 0 Å². The summed E-state index contributed by atoms with van der Waals surface area (Å²) in [5.41, 5.74) is 1.02. The summed E-state index contributed by atoms with van der Waals surface area (Å²) in [4.78, 5) is 16.2. The zero-order chi connectivity index (χ0) is 27.3. The van der Waals surface area contributed by atoms with Crippen molar-refractivity contribution in [2.24, 2.45) is 0 Å². The predicted molar refractivity (Wildman–Crippen MR) is 158 cm³/mol. The van der Waals surface area contributed by atoms with Crippen molar-refractivity contribution < 1.29 is 9.50 Å². The summed E-state index contributed by atoms with van der Waals surface area (Å²) >= 11 is 6.85. The minimum Gasteiger partial charge on any atom is -0.508 e. The molecule has 2 N–H and O–H groups in total. The van der Waals surface area contributed by atoms with Crippen LogP contribution in [-0.2, 0) is 0 Å². The molecule has 0 amide bonds. The molecule has 4 aromatic rings. The number of aromatic hydroxyl groups is 1. The molecule has 2 aliphatic rings. The Morgan fingerprint density at radius 1 is 1.03 bits per heavy atom. The monoisotopic (exact) mass is 548 g/mol. The second-order valence-corrected chi connectivity index (χ2v) is 11.5. The van der Waals surface area contributed by atoms with Gasteiger partial charge in [0, 0.05) is 49.7 Å². The fraction of sp³-hybridized carbons (Fsp3) is 0.400. The molecular formula is C30H34ClFN6O. The number of nitrogens with zero attached hydrogens (tertiary/aromatic N) is 5. The first-order valence-corrected chi connectivity index (χ1v) is 13.9. The number of benzene rings is 3. The fourth-order valence-electron chi connectivity index (χ4n) is 6.02. The van der Waals surface area contributed by atoms with Gasteiger partial charge in [-0.2, -0.15) is 4.98 Å². The summed E-state index contributed by atoms with van der Waals surface area (Å²) in [5, 5.41) is 16.6. The van der Waals surface area contributed by atoms with Gasteiger partial charge in [-0.25, -0.2) is 9.37 Å². The van der Waals surface area contributed by atoms with Crippen molar-refractivity contribution >= 4 is 45.0 Å². The topological polar surface area (TPSA) is 67.8 Å². The highest BCUT2D eigenvalue weighted by atomic mass is 35.5. The third kappa shape index (κ3) is 4.97. The molecule has 0 aliphatic carbocycles. The second kappa shape index (κ2) is 10.4. The highest BCUT2D eigenvalue weighted by Crippen LogP contribution is 2.42. The highest BCUT2D eigenvalue weighted by Gasteiger charge is 2.34. The van der Waals surface area contributed by atoms with Crippen LogP contribution >= 0.6 is 11.6 Å². The lowest BCUT2D eigenvalue weighted by atomic mass is 9.96. The number of piperazine rings is 1. The van der Waals surface area contributed by atoms with E-state index >= 15 is 4.39 Å². The SMILES string of the molecule is CN(C)CCCN(C)c1nc(N2CC3CCC(C2)N3)c2cc(Cl)c(-c3cc(O)cc4ccccc34)c(F)c2n1. The van der Waals surface area contributed by atoms with E-state index < -0.39 is 5.82 Å². The van der Waals surface area contributed by atoms with E-state index in [-0.39, 0.29) is 21.9 Å². The van der Waals surface area contributed by atoms with Crippen LogP contribution in [0.3, 0.4) is 0 Å². The molecule has 0 spiro atoms. The van der Waals surface area contributed by atoms with E-state index in [9.17, 15) is 5.11 Å². The molecule has 1 aromatic heterocycles. The number of halogens is 2. The van der Waals surface area contributed by atoms with Crippen molar-refractivity contribution in [1.29, 1.82) is 0 Å². The standard InChI is InChI=1S/C30H34ClFN6O/c1-36(2)11-6-12-37(3)30-34-28-24(29(35-30)38-16-19-9-10-20(17-38)33-19)15-25(31)26(27(28)32)23-14-21(39)13-18-7-4-5-8-22(18)23/h4-5,7-8,13-15,19-20,33,39H,6,9-12,16-17H2,1-3H3. The van der Waals surface area contributed by atoms with Crippen molar-refractivity contribution in [3.8, 4) is 16.9 Å². The average molecular weight is 549 g/mol. The number of rotatable bonds is 7. The van der Waals surface area contributed by atoms with E-state index in [2.05, 4.69) is 29.2 Å². The normalized spacial score (nSPS) is 19.0. The van der Waals surface area contributed by atoms with E-state index in [1.807, 2.05) is 36.2 Å². The number of fused-ring (bicyclic) bond motifs is 4. The molecular weight excluding hydrogens is 515 g/mol. The van der Waals surface area contributed by atoms with E-state index in [1.165, 1.54) is 0 Å². The molecule has 9 heteroatoms. The largest absolute Gasteiger partial charge is 0.508 e. The Balaban J connectivity index is 1.53. The lowest BCUT2D eigenvalue weighted by Gasteiger charge is -2.35. The maximum absolute atomic E-state index is 16.7. The zero-order valence-electron chi connectivity index (χ0n) is 22.6. The maximum Gasteiger partial charge on any atom is 0.227 e. The van der Waals surface area contributed by atoms with Gasteiger partial charge in [-0.1, -0.05) is 35.9 Å². The van der Waals surface area contributed by atoms with Crippen molar-refractivity contribution in [2.75, 3.05) is 57.1 Å². The molecule has 0 radical (unpaired) electrons. The Bertz CT molecular complexity index is 1530. The van der Waals surface area contributed by atoms with E-state index in [4.69, 9.17) is 21.6 Å². The third-order valence-electron chi connectivity index (χ3n) is 7.92. The Kier molecular flexibility index (Phi) is 6.95. The van der Waals surface area contributed by atoms with Gasteiger partial charge in [0.15, 0.2) is 5.82 Å². The third-order valence-corrected chi connectivity index (χ3v) is 8.22. The van der Waals surface area contributed by atoms with Crippen molar-refractivity contribution in [3.63, 3.8) is 0 Å². The minimum atomic E-state index is -0.502. The van der Waals surface area contributed by atoms with Crippen LogP contribution in [0.15, 0.2) is 42.5 Å². The van der Waals surface area contributed by atoms with Crippen LogP contribution in [0.5, 0.6) is 5.75 Å². The molecule has 2 bridgehead atoms. The molecule has 2 fully saturated rings. The van der Waals surface area contributed by atoms with Crippen molar-refractivity contribution in [2.45, 2.75) is 31.3 Å². The van der Waals surface area contributed by atoms with Crippen molar-refractivity contribution in [1.82, 2.24) is 20.2 Å². The number of hydrogen-bond donors (Lipinski definition) is 2. The zero-order valence-corrected chi connectivity index (χ0v) is 23.3. The van der Waals surface area contributed by atoms with Gasteiger partial charge in [-0.05, 0) is 74.4 Å². The van der Waals surface area contributed by atoms with Crippen LogP contribution in [-0.4, -0.2) is 79.4 Å². The number of phenols is 1. The number of phenolic OH excluding ortho intramolecular Hbond substituents is 1. The average Bonchev–Trinajstić information content (AvgIpc) is 3.25. The maximum atomic E-state index is 16.7. The van der Waals surface area contributed by atoms with Crippen LogP contribution in [0.2, 0.25) is 5.02 Å². The van der Waals surface area contributed by atoms with Gasteiger partial charge in [0.1, 0.15) is 17.1 Å². The molecule has 3 aromatic carbocycles. The molecule has 7 nitrogen and oxygen atoms in total. The predicted octanol–water partition coefficient (Wildman–Crippen LogP) is 5.28. The molecule has 2 saturated heterocycles. The summed E-state index contributed by atoms with van der Waals surface area (Å²) in [6, 6.07) is 13.4. The van der Waals surface area contributed by atoms with Crippen LogP contribution in [0.1, 0.15) is 19.3 Å². The molecule has 204 valence electrons. The lowest BCUT2D eigenvalue weighted by Crippen LogP contribution is -2.51. The molecule has 39 heavy (non-hydrogen) atoms. The van der Waals surface area contributed by atoms with E-state index in [0.717, 1.165) is 62.0 Å². The van der Waals surface area contributed by atoms with Gasteiger partial charge < -0.3 is 25.1 Å². The number of aromatic nitrogens is 2. The second-order valence-electron chi connectivity index (χ2n) is 11.1. The van der Waals surface area contributed by atoms with Crippen LogP contribution < -0.4 is 15.1 Å². The van der Waals surface area contributed by atoms with Gasteiger partial charge in [0.25, 0.3) is 0 Å². The molecule has 2 unspecified atom stereocenters.